The minimum absolute atomic E-state index is 0.741. The van der Waals surface area contributed by atoms with Gasteiger partial charge in [0, 0.05) is 0 Å². The van der Waals surface area contributed by atoms with Crippen LogP contribution in [0.15, 0.2) is 48.5 Å². The molecule has 0 aliphatic carbocycles. The number of rotatable bonds is 7. The van der Waals surface area contributed by atoms with Gasteiger partial charge < -0.3 is 0 Å². The molecule has 0 saturated heterocycles. The van der Waals surface area contributed by atoms with E-state index in [2.05, 4.69) is 37.3 Å². The molecule has 0 N–H and O–H groups in total. The Balaban J connectivity index is 1.97. The molecule has 2 aromatic carbocycles. The first-order valence-corrected chi connectivity index (χ1v) is 7.93. The molecule has 0 aliphatic heterocycles. The Morgan fingerprint density at radius 2 is 1.57 bits per heavy atom. The van der Waals surface area contributed by atoms with E-state index in [0.29, 0.717) is 0 Å². The highest BCUT2D eigenvalue weighted by Crippen LogP contribution is 2.23. The highest BCUT2D eigenvalue weighted by Gasteiger charge is 2.03. The van der Waals surface area contributed by atoms with E-state index in [4.69, 9.17) is 0 Å². The highest BCUT2D eigenvalue weighted by molar-refractivity contribution is 5.70. The molecular formula is C20H23N. The van der Waals surface area contributed by atoms with Crippen LogP contribution in [-0.2, 0) is 6.42 Å². The molecule has 0 radical (unpaired) electrons. The molecule has 0 atom stereocenters. The van der Waals surface area contributed by atoms with Crippen molar-refractivity contribution in [1.82, 2.24) is 0 Å². The Labute approximate surface area is 128 Å². The molecule has 0 heterocycles. The molecule has 1 heteroatoms. The normalized spacial score (nSPS) is 10.3. The summed E-state index contributed by atoms with van der Waals surface area (Å²) in [4.78, 5) is 0. The summed E-state index contributed by atoms with van der Waals surface area (Å²) in [6, 6.07) is 18.7. The van der Waals surface area contributed by atoms with Gasteiger partial charge in [0.25, 0.3) is 0 Å². The van der Waals surface area contributed by atoms with Gasteiger partial charge in [-0.2, -0.15) is 5.26 Å². The molecular weight excluding hydrogens is 254 g/mol. The summed E-state index contributed by atoms with van der Waals surface area (Å²) >= 11 is 0. The van der Waals surface area contributed by atoms with Crippen LogP contribution in [0.3, 0.4) is 0 Å². The Morgan fingerprint density at radius 3 is 2.29 bits per heavy atom. The molecule has 0 aliphatic rings. The van der Waals surface area contributed by atoms with E-state index >= 15 is 0 Å². The number of unbranched alkanes of at least 4 members (excludes halogenated alkanes) is 4. The minimum atomic E-state index is 0.741. The summed E-state index contributed by atoms with van der Waals surface area (Å²) < 4.78 is 0. The maximum atomic E-state index is 9.17. The topological polar surface area (TPSA) is 23.8 Å². The quantitative estimate of drug-likeness (QED) is 0.592. The van der Waals surface area contributed by atoms with Crippen LogP contribution < -0.4 is 0 Å². The first kappa shape index (κ1) is 15.3. The lowest BCUT2D eigenvalue weighted by atomic mass is 9.98. The summed E-state index contributed by atoms with van der Waals surface area (Å²) in [6.07, 6.45) is 7.76. The summed E-state index contributed by atoms with van der Waals surface area (Å²) in [5, 5.41) is 9.17. The third kappa shape index (κ3) is 4.46. The number of nitriles is 1. The van der Waals surface area contributed by atoms with Crippen LogP contribution in [0, 0.1) is 11.3 Å². The van der Waals surface area contributed by atoms with Crippen molar-refractivity contribution in [3.8, 4) is 17.2 Å². The van der Waals surface area contributed by atoms with Gasteiger partial charge >= 0.3 is 0 Å². The van der Waals surface area contributed by atoms with E-state index < -0.39 is 0 Å². The van der Waals surface area contributed by atoms with Crippen molar-refractivity contribution in [1.29, 1.82) is 5.26 Å². The molecule has 0 spiro atoms. The zero-order valence-corrected chi connectivity index (χ0v) is 12.8. The van der Waals surface area contributed by atoms with Gasteiger partial charge in [-0.25, -0.2) is 0 Å². The summed E-state index contributed by atoms with van der Waals surface area (Å²) in [5.41, 5.74) is 4.28. The molecule has 0 saturated carbocycles. The van der Waals surface area contributed by atoms with Crippen LogP contribution in [0.4, 0.5) is 0 Å². The first-order valence-electron chi connectivity index (χ1n) is 7.93. The molecule has 0 fully saturated rings. The summed E-state index contributed by atoms with van der Waals surface area (Å²) in [5.74, 6) is 0. The van der Waals surface area contributed by atoms with Crippen molar-refractivity contribution in [2.75, 3.05) is 0 Å². The Morgan fingerprint density at radius 1 is 0.857 bits per heavy atom. The highest BCUT2D eigenvalue weighted by atomic mass is 14.2. The number of nitrogens with zero attached hydrogens (tertiary/aromatic N) is 1. The van der Waals surface area contributed by atoms with Crippen molar-refractivity contribution < 1.29 is 0 Å². The van der Waals surface area contributed by atoms with Crippen LogP contribution >= 0.6 is 0 Å². The molecule has 2 aromatic rings. The standard InChI is InChI=1S/C20H23N/c1-2-3-4-5-6-9-17-12-14-18(15-13-17)20-11-8-7-10-19(20)16-21/h7-8,10-15H,2-6,9H2,1H3. The smallest absolute Gasteiger partial charge is 0.0998 e. The van der Waals surface area contributed by atoms with E-state index in [1.165, 1.54) is 37.7 Å². The first-order chi connectivity index (χ1) is 10.3. The minimum Gasteiger partial charge on any atom is -0.192 e. The molecule has 0 bridgehead atoms. The SMILES string of the molecule is CCCCCCCc1ccc(-c2ccccc2C#N)cc1. The van der Waals surface area contributed by atoms with Crippen molar-refractivity contribution >= 4 is 0 Å². The van der Waals surface area contributed by atoms with Gasteiger partial charge in [-0.05, 0) is 35.6 Å². The van der Waals surface area contributed by atoms with Crippen molar-refractivity contribution in [3.63, 3.8) is 0 Å². The van der Waals surface area contributed by atoms with E-state index in [-0.39, 0.29) is 0 Å². The second-order valence-corrected chi connectivity index (χ2v) is 5.52. The molecule has 1 nitrogen and oxygen atoms in total. The number of hydrogen-bond donors (Lipinski definition) is 0. The van der Waals surface area contributed by atoms with E-state index in [0.717, 1.165) is 23.1 Å². The van der Waals surface area contributed by atoms with E-state index in [1.54, 1.807) is 0 Å². The lowest BCUT2D eigenvalue weighted by Gasteiger charge is -2.06. The average molecular weight is 277 g/mol. The Kier molecular flexibility index (Phi) is 6.03. The van der Waals surface area contributed by atoms with Gasteiger partial charge in [0.1, 0.15) is 0 Å². The van der Waals surface area contributed by atoms with Crippen LogP contribution in [0.25, 0.3) is 11.1 Å². The van der Waals surface area contributed by atoms with Crippen LogP contribution in [-0.4, -0.2) is 0 Å². The van der Waals surface area contributed by atoms with Crippen LogP contribution in [0.5, 0.6) is 0 Å². The zero-order chi connectivity index (χ0) is 14.9. The fourth-order valence-corrected chi connectivity index (χ4v) is 2.62. The van der Waals surface area contributed by atoms with E-state index in [9.17, 15) is 5.26 Å². The fraction of sp³-hybridized carbons (Fsp3) is 0.350. The van der Waals surface area contributed by atoms with E-state index in [1.807, 2.05) is 24.3 Å². The maximum Gasteiger partial charge on any atom is 0.0998 e. The fourth-order valence-electron chi connectivity index (χ4n) is 2.62. The molecule has 0 amide bonds. The lowest BCUT2D eigenvalue weighted by molar-refractivity contribution is 0.632. The molecule has 0 aromatic heterocycles. The number of aryl methyl sites for hydroxylation is 1. The van der Waals surface area contributed by atoms with Gasteiger partial charge in [0.15, 0.2) is 0 Å². The predicted molar refractivity (Wildman–Crippen MR) is 89.1 cm³/mol. The van der Waals surface area contributed by atoms with Gasteiger partial charge in [0.2, 0.25) is 0 Å². The molecule has 2 rings (SSSR count). The van der Waals surface area contributed by atoms with Crippen molar-refractivity contribution in [2.24, 2.45) is 0 Å². The largest absolute Gasteiger partial charge is 0.192 e. The van der Waals surface area contributed by atoms with Crippen molar-refractivity contribution in [2.45, 2.75) is 45.4 Å². The lowest BCUT2D eigenvalue weighted by Crippen LogP contribution is -1.88. The summed E-state index contributed by atoms with van der Waals surface area (Å²) in [7, 11) is 0. The van der Waals surface area contributed by atoms with Crippen molar-refractivity contribution in [3.05, 3.63) is 59.7 Å². The van der Waals surface area contributed by atoms with Gasteiger partial charge in [0.05, 0.1) is 11.6 Å². The second kappa shape index (κ2) is 8.27. The van der Waals surface area contributed by atoms with Crippen LogP contribution in [0.1, 0.15) is 50.2 Å². The maximum absolute atomic E-state index is 9.17. The zero-order valence-electron chi connectivity index (χ0n) is 12.8. The monoisotopic (exact) mass is 277 g/mol. The number of hydrogen-bond acceptors (Lipinski definition) is 1. The molecule has 21 heavy (non-hydrogen) atoms. The third-order valence-corrected chi connectivity index (χ3v) is 3.88. The predicted octanol–water partition coefficient (Wildman–Crippen LogP) is 5.74. The number of benzene rings is 2. The van der Waals surface area contributed by atoms with Gasteiger partial charge in [-0.3, -0.25) is 0 Å². The molecule has 108 valence electrons. The van der Waals surface area contributed by atoms with Crippen LogP contribution in [0.2, 0.25) is 0 Å². The average Bonchev–Trinajstić information content (AvgIpc) is 2.55. The molecule has 0 unspecified atom stereocenters. The Bertz CT molecular complexity index is 590. The Hall–Kier alpha value is -2.07. The third-order valence-electron chi connectivity index (χ3n) is 3.88. The second-order valence-electron chi connectivity index (χ2n) is 5.52. The van der Waals surface area contributed by atoms with Gasteiger partial charge in [-0.1, -0.05) is 75.1 Å². The summed E-state index contributed by atoms with van der Waals surface area (Å²) in [6.45, 7) is 2.25. The van der Waals surface area contributed by atoms with Gasteiger partial charge in [-0.15, -0.1) is 0 Å².